The van der Waals surface area contributed by atoms with E-state index in [0.29, 0.717) is 47.1 Å². The van der Waals surface area contributed by atoms with Crippen LogP contribution >= 0.6 is 0 Å². The number of hydrogen-bond donors (Lipinski definition) is 2. The van der Waals surface area contributed by atoms with Crippen LogP contribution in [-0.4, -0.2) is 41.1 Å². The first kappa shape index (κ1) is 22.3. The largest absolute Gasteiger partial charge is 0.495 e. The van der Waals surface area contributed by atoms with E-state index < -0.39 is 0 Å². The van der Waals surface area contributed by atoms with Crippen LogP contribution in [0.4, 0.5) is 5.95 Å². The van der Waals surface area contributed by atoms with E-state index >= 15 is 0 Å². The molecule has 0 aliphatic rings. The zero-order valence-electron chi connectivity index (χ0n) is 17.7. The molecule has 0 unspecified atom stereocenters. The second-order valence-corrected chi connectivity index (χ2v) is 6.53. The Morgan fingerprint density at radius 1 is 1.12 bits per heavy atom. The first-order chi connectivity index (χ1) is 15.6. The highest BCUT2D eigenvalue weighted by atomic mass is 16.5. The molecule has 0 aliphatic heterocycles. The molecule has 162 valence electrons. The fourth-order valence-corrected chi connectivity index (χ4v) is 3.02. The van der Waals surface area contributed by atoms with Crippen LogP contribution in [0.2, 0.25) is 0 Å². The van der Waals surface area contributed by atoms with Crippen molar-refractivity contribution in [1.82, 2.24) is 15.0 Å². The lowest BCUT2D eigenvalue weighted by Gasteiger charge is -2.11. The van der Waals surface area contributed by atoms with Gasteiger partial charge in [-0.05, 0) is 30.3 Å². The molecule has 10 heteroatoms. The van der Waals surface area contributed by atoms with Crippen molar-refractivity contribution in [2.45, 2.75) is 13.2 Å². The summed E-state index contributed by atoms with van der Waals surface area (Å²) in [5, 5.41) is 13.1. The predicted octanol–water partition coefficient (Wildman–Crippen LogP) is 2.08. The molecule has 0 saturated heterocycles. The molecule has 3 rings (SSSR count). The normalized spacial score (nSPS) is 11.5. The van der Waals surface area contributed by atoms with E-state index in [9.17, 15) is 5.26 Å². The number of benzene rings is 1. The Hall–Kier alpha value is -4.36. The van der Waals surface area contributed by atoms with E-state index in [1.54, 1.807) is 31.4 Å². The molecule has 0 bridgehead atoms. The van der Waals surface area contributed by atoms with Gasteiger partial charge >= 0.3 is 0 Å². The summed E-state index contributed by atoms with van der Waals surface area (Å²) in [6, 6.07) is 14.6. The van der Waals surface area contributed by atoms with Gasteiger partial charge in [0.15, 0.2) is 0 Å². The third kappa shape index (κ3) is 5.21. The fraction of sp³-hybridized carbons (Fsp3) is 0.182. The van der Waals surface area contributed by atoms with Crippen molar-refractivity contribution in [3.05, 3.63) is 65.1 Å². The summed E-state index contributed by atoms with van der Waals surface area (Å²) in [7, 11) is 3.10. The number of para-hydroxylation sites is 1. The van der Waals surface area contributed by atoms with Crippen LogP contribution in [0, 0.1) is 11.3 Å². The number of rotatable bonds is 8. The van der Waals surface area contributed by atoms with E-state index in [2.05, 4.69) is 31.1 Å². The van der Waals surface area contributed by atoms with Crippen LogP contribution in [0.15, 0.2) is 52.6 Å². The van der Waals surface area contributed by atoms with E-state index in [1.165, 1.54) is 13.3 Å². The Kier molecular flexibility index (Phi) is 7.40. The molecule has 0 radical (unpaired) electrons. The van der Waals surface area contributed by atoms with Gasteiger partial charge in [0.1, 0.15) is 17.5 Å². The second kappa shape index (κ2) is 10.6. The summed E-state index contributed by atoms with van der Waals surface area (Å²) in [5.74, 6) is 5.99. The smallest absolute Gasteiger partial charge is 0.221 e. The van der Waals surface area contributed by atoms with Crippen LogP contribution in [-0.2, 0) is 17.9 Å². The number of pyridine rings is 1. The molecular formula is C22H22N8O2. The first-order valence-corrected chi connectivity index (χ1v) is 9.53. The summed E-state index contributed by atoms with van der Waals surface area (Å²) >= 11 is 0. The third-order valence-corrected chi connectivity index (χ3v) is 4.38. The zero-order chi connectivity index (χ0) is 22.9. The molecule has 4 N–H and O–H groups in total. The molecule has 2 heterocycles. The van der Waals surface area contributed by atoms with Gasteiger partial charge in [0.05, 0.1) is 54.8 Å². The van der Waals surface area contributed by atoms with Crippen molar-refractivity contribution in [2.75, 3.05) is 20.0 Å². The molecule has 0 saturated carbocycles. The Bertz CT molecular complexity index is 1200. The molecule has 2 aromatic heterocycles. The Morgan fingerprint density at radius 2 is 1.91 bits per heavy atom. The number of nitriles is 1. The van der Waals surface area contributed by atoms with Crippen LogP contribution in [0.3, 0.4) is 0 Å². The summed E-state index contributed by atoms with van der Waals surface area (Å²) in [5.41, 5.74) is 9.63. The fourth-order valence-electron chi connectivity index (χ4n) is 3.02. The van der Waals surface area contributed by atoms with Crippen molar-refractivity contribution < 1.29 is 9.47 Å². The van der Waals surface area contributed by atoms with Crippen LogP contribution in [0.5, 0.6) is 5.75 Å². The number of nitrogen functional groups attached to an aromatic ring is 1. The summed E-state index contributed by atoms with van der Waals surface area (Å²) in [6.07, 6.45) is 1.50. The number of methoxy groups -OCH3 is 2. The van der Waals surface area contributed by atoms with Gasteiger partial charge < -0.3 is 21.1 Å². The van der Waals surface area contributed by atoms with Crippen molar-refractivity contribution in [3.63, 3.8) is 0 Å². The van der Waals surface area contributed by atoms with Crippen molar-refractivity contribution in [3.8, 4) is 23.1 Å². The van der Waals surface area contributed by atoms with Gasteiger partial charge in [0.2, 0.25) is 5.95 Å². The van der Waals surface area contributed by atoms with Crippen LogP contribution in [0.25, 0.3) is 11.3 Å². The number of hydrogen-bond acceptors (Lipinski definition) is 10. The van der Waals surface area contributed by atoms with E-state index in [4.69, 9.17) is 21.1 Å². The SMILES string of the molecule is COCc1cccc(CN=CC(=NN)c2cc(-c3cccc(C#N)c3OC)nc(N)n2)n1. The van der Waals surface area contributed by atoms with Gasteiger partial charge in [-0.2, -0.15) is 10.4 Å². The van der Waals surface area contributed by atoms with Gasteiger partial charge in [0.25, 0.3) is 0 Å². The van der Waals surface area contributed by atoms with Crippen molar-refractivity contribution in [1.29, 1.82) is 5.26 Å². The number of hydrazone groups is 1. The molecule has 3 aromatic rings. The number of aliphatic imine (C=N–C) groups is 1. The van der Waals surface area contributed by atoms with Crippen molar-refractivity contribution >= 4 is 17.9 Å². The molecule has 10 nitrogen and oxygen atoms in total. The van der Waals surface area contributed by atoms with E-state index in [-0.39, 0.29) is 5.95 Å². The molecular weight excluding hydrogens is 408 g/mol. The number of nitrogens with two attached hydrogens (primary N) is 2. The maximum absolute atomic E-state index is 9.34. The summed E-state index contributed by atoms with van der Waals surface area (Å²) in [6.45, 7) is 0.745. The summed E-state index contributed by atoms with van der Waals surface area (Å²) in [4.78, 5) is 17.3. The Labute approximate surface area is 185 Å². The van der Waals surface area contributed by atoms with Gasteiger partial charge in [-0.3, -0.25) is 9.98 Å². The number of aromatic nitrogens is 3. The van der Waals surface area contributed by atoms with Gasteiger partial charge in [-0.15, -0.1) is 0 Å². The lowest BCUT2D eigenvalue weighted by atomic mass is 10.1. The molecule has 0 fully saturated rings. The van der Waals surface area contributed by atoms with Gasteiger partial charge in [-0.25, -0.2) is 9.97 Å². The lowest BCUT2D eigenvalue weighted by molar-refractivity contribution is 0.181. The summed E-state index contributed by atoms with van der Waals surface area (Å²) < 4.78 is 10.5. The number of anilines is 1. The molecule has 0 atom stereocenters. The minimum atomic E-state index is 0.0189. The van der Waals surface area contributed by atoms with E-state index in [1.807, 2.05) is 18.2 Å². The number of ether oxygens (including phenoxy) is 2. The highest BCUT2D eigenvalue weighted by Crippen LogP contribution is 2.32. The third-order valence-electron chi connectivity index (χ3n) is 4.38. The topological polar surface area (TPSA) is 158 Å². The number of nitrogens with zero attached hydrogens (tertiary/aromatic N) is 6. The van der Waals surface area contributed by atoms with Crippen LogP contribution in [0.1, 0.15) is 22.6 Å². The maximum atomic E-state index is 9.34. The van der Waals surface area contributed by atoms with E-state index in [0.717, 1.165) is 11.4 Å². The van der Waals surface area contributed by atoms with Crippen LogP contribution < -0.4 is 16.3 Å². The molecule has 32 heavy (non-hydrogen) atoms. The first-order valence-electron chi connectivity index (χ1n) is 9.53. The minimum absolute atomic E-state index is 0.0189. The Morgan fingerprint density at radius 3 is 2.62 bits per heavy atom. The zero-order valence-corrected chi connectivity index (χ0v) is 17.7. The van der Waals surface area contributed by atoms with Crippen molar-refractivity contribution in [2.24, 2.45) is 15.9 Å². The molecule has 1 aromatic carbocycles. The van der Waals surface area contributed by atoms with Gasteiger partial charge in [-0.1, -0.05) is 12.1 Å². The quantitative estimate of drug-likeness (QED) is 0.312. The molecule has 0 aliphatic carbocycles. The lowest BCUT2D eigenvalue weighted by Crippen LogP contribution is -2.12. The second-order valence-electron chi connectivity index (χ2n) is 6.53. The standard InChI is InChI=1S/C22H22N8O2/c1-31-13-16-7-4-6-15(27-16)11-26-12-20(30-25)19-9-18(28-22(24)29-19)17-8-3-5-14(10-23)21(17)32-2/h3-9,12H,11,13,25H2,1-2H3,(H2,24,28,29). The monoisotopic (exact) mass is 430 g/mol. The molecule has 0 spiro atoms. The molecule has 0 amide bonds. The highest BCUT2D eigenvalue weighted by Gasteiger charge is 2.15. The average molecular weight is 430 g/mol. The van der Waals surface area contributed by atoms with Gasteiger partial charge in [0, 0.05) is 12.7 Å². The highest BCUT2D eigenvalue weighted by molar-refractivity contribution is 6.37. The Balaban J connectivity index is 1.89. The maximum Gasteiger partial charge on any atom is 0.221 e. The minimum Gasteiger partial charge on any atom is -0.495 e. The predicted molar refractivity (Wildman–Crippen MR) is 121 cm³/mol. The average Bonchev–Trinajstić information content (AvgIpc) is 2.81.